The van der Waals surface area contributed by atoms with Crippen LogP contribution in [0.4, 0.5) is 11.4 Å². The summed E-state index contributed by atoms with van der Waals surface area (Å²) in [6.07, 6.45) is 0.557. The second-order valence-electron chi connectivity index (χ2n) is 25.4. The van der Waals surface area contributed by atoms with Crippen LogP contribution in [-0.2, 0) is 98.5 Å². The standard InChI is InChI=1S/C81H121I2N7O30/c1-93-14-20-100-27-26-99-12-7-13-111-72-48-60(49-73(112-43-38-106-33-28-101-21-15-94-2)76(72)115-46-41-109-36-31-104-24-18-97-5)58-117-64-10-8-62-52-68(80(91)119-70(62)54-64)89(86)78(82)66(84)56-88-57-67(85)79(83)90(87)69-53-63-9-11-65(55-71(63)120-81(69)92)118-59-61-50-74(113-44-39-107-34-29-102-22-16-95-3)77(116-47-42-110-37-32-105-25-19-98-6)75(51-61)114-45-40-108-35-30-103-23-17-96-4/h8-11,48-55,88H,7,12-47,56-59,84-87H2,1-6H3/b78-66-,79-67-. The Bertz CT molecular complexity index is 3890. The average Bonchev–Trinajstić information content (AvgIpc) is 0.797. The molecular weight excluding hydrogens is 1800 g/mol. The van der Waals surface area contributed by atoms with Crippen LogP contribution in [0.15, 0.2) is 110 Å². The molecule has 4 aromatic carbocycles. The number of methoxy groups -OCH3 is 6. The molecule has 0 atom stereocenters. The van der Waals surface area contributed by atoms with E-state index in [1.165, 1.54) is 0 Å². The fourth-order valence-electron chi connectivity index (χ4n) is 10.3. The lowest BCUT2D eigenvalue weighted by Gasteiger charge is -2.20. The second kappa shape index (κ2) is 63.9. The highest BCUT2D eigenvalue weighted by Crippen LogP contribution is 2.42. The van der Waals surface area contributed by atoms with Crippen LogP contribution in [0.2, 0.25) is 0 Å². The third kappa shape index (κ3) is 40.5. The molecule has 37 nitrogen and oxygen atoms in total. The lowest BCUT2D eigenvalue weighted by Crippen LogP contribution is -2.37. The van der Waals surface area contributed by atoms with Crippen molar-refractivity contribution in [3.63, 3.8) is 0 Å². The number of hydrogen-bond donors (Lipinski definition) is 5. The number of ether oxygens (including phenoxy) is 26. The van der Waals surface area contributed by atoms with E-state index in [1.54, 1.807) is 109 Å². The average molecular weight is 1930 g/mol. The van der Waals surface area contributed by atoms with Crippen LogP contribution in [0.5, 0.6) is 46.0 Å². The van der Waals surface area contributed by atoms with Crippen molar-refractivity contribution in [2.24, 2.45) is 23.2 Å². The first kappa shape index (κ1) is 102. The Morgan fingerprint density at radius 1 is 0.325 bits per heavy atom. The number of rotatable bonds is 75. The van der Waals surface area contributed by atoms with Crippen molar-refractivity contribution in [3.8, 4) is 46.0 Å². The number of halogens is 2. The first-order valence-electron chi connectivity index (χ1n) is 39.2. The van der Waals surface area contributed by atoms with E-state index < -0.39 is 11.3 Å². The Kier molecular flexibility index (Phi) is 54.2. The van der Waals surface area contributed by atoms with Crippen LogP contribution in [0.3, 0.4) is 0 Å². The fraction of sp³-hybridized carbons (Fsp3) is 0.580. The number of nitrogens with two attached hydrogens (primary N) is 4. The Balaban J connectivity index is 1.09. The normalized spacial score (nSPS) is 12.0. The van der Waals surface area contributed by atoms with Gasteiger partial charge < -0.3 is 149 Å². The molecule has 0 spiro atoms. The number of benzene rings is 4. The molecule has 2 aromatic heterocycles. The summed E-state index contributed by atoms with van der Waals surface area (Å²) in [6, 6.07) is 20.5. The second-order valence-corrected chi connectivity index (χ2v) is 27.4. The first-order chi connectivity index (χ1) is 58.7. The van der Waals surface area contributed by atoms with Crippen molar-refractivity contribution in [1.29, 1.82) is 0 Å². The molecule has 6 aromatic rings. The summed E-state index contributed by atoms with van der Waals surface area (Å²) in [5, 5.41) is 6.52. The minimum Gasteiger partial charge on any atom is -0.489 e. The predicted octanol–water partition coefficient (Wildman–Crippen LogP) is 6.57. The monoisotopic (exact) mass is 1930 g/mol. The summed E-state index contributed by atoms with van der Waals surface area (Å²) >= 11 is 3.88. The van der Waals surface area contributed by atoms with Gasteiger partial charge in [0, 0.05) is 91.7 Å². The maximum absolute atomic E-state index is 13.7. The van der Waals surface area contributed by atoms with Crippen LogP contribution in [-0.4, -0.2) is 294 Å². The number of hydrogen-bond acceptors (Lipinski definition) is 37. The number of nitrogens with one attached hydrogen (secondary N) is 1. The third-order valence-corrected chi connectivity index (χ3v) is 18.8. The zero-order valence-corrected chi connectivity index (χ0v) is 73.9. The summed E-state index contributed by atoms with van der Waals surface area (Å²) in [6.45, 7) is 13.2. The molecule has 0 saturated heterocycles. The van der Waals surface area contributed by atoms with Crippen molar-refractivity contribution in [2.75, 3.05) is 304 Å². The van der Waals surface area contributed by atoms with Gasteiger partial charge in [-0.1, -0.05) is 0 Å². The van der Waals surface area contributed by atoms with E-state index >= 15 is 0 Å². The van der Waals surface area contributed by atoms with E-state index in [1.807, 2.05) is 51.2 Å². The van der Waals surface area contributed by atoms with Crippen LogP contribution in [0, 0.1) is 0 Å². The number of fused-ring (bicyclic) bond motifs is 2. The van der Waals surface area contributed by atoms with Gasteiger partial charge in [0.1, 0.15) is 87.7 Å². The quantitative estimate of drug-likeness (QED) is 0.00672. The lowest BCUT2D eigenvalue weighted by molar-refractivity contribution is 0.0146. The van der Waals surface area contributed by atoms with Crippen LogP contribution in [0.1, 0.15) is 17.5 Å². The van der Waals surface area contributed by atoms with E-state index in [-0.39, 0.29) is 133 Å². The summed E-state index contributed by atoms with van der Waals surface area (Å²) in [5.41, 5.74) is 14.0. The van der Waals surface area contributed by atoms with E-state index in [0.29, 0.717) is 247 Å². The molecule has 0 bridgehead atoms. The topological polar surface area (TPSA) is 423 Å². The molecule has 0 aliphatic carbocycles. The minimum absolute atomic E-state index is 0.000937. The van der Waals surface area contributed by atoms with Gasteiger partial charge in [-0.25, -0.2) is 21.3 Å². The minimum atomic E-state index is -0.749. The van der Waals surface area contributed by atoms with E-state index in [9.17, 15) is 9.59 Å². The molecule has 39 heteroatoms. The van der Waals surface area contributed by atoms with Gasteiger partial charge in [-0.3, -0.25) is 10.0 Å². The fourth-order valence-corrected chi connectivity index (χ4v) is 11.2. The van der Waals surface area contributed by atoms with Gasteiger partial charge in [-0.2, -0.15) is 0 Å². The van der Waals surface area contributed by atoms with E-state index in [0.717, 1.165) is 10.0 Å². The van der Waals surface area contributed by atoms with Crippen LogP contribution in [0.25, 0.3) is 21.9 Å². The molecule has 674 valence electrons. The molecule has 0 saturated carbocycles. The molecule has 0 fully saturated rings. The Morgan fingerprint density at radius 2 is 0.583 bits per heavy atom. The van der Waals surface area contributed by atoms with Gasteiger partial charge in [0.05, 0.1) is 210 Å². The van der Waals surface area contributed by atoms with Gasteiger partial charge in [-0.15, -0.1) is 0 Å². The largest absolute Gasteiger partial charge is 0.489 e. The van der Waals surface area contributed by atoms with E-state index in [2.05, 4.69) is 5.32 Å². The van der Waals surface area contributed by atoms with Gasteiger partial charge in [0.2, 0.25) is 11.5 Å². The first-order valence-corrected chi connectivity index (χ1v) is 41.4. The number of hydrazine groups is 2. The van der Waals surface area contributed by atoms with Crippen LogP contribution < -0.4 is 87.6 Å². The number of anilines is 2. The van der Waals surface area contributed by atoms with Gasteiger partial charge in [-0.05, 0) is 117 Å². The maximum atomic E-state index is 13.7. The molecule has 2 heterocycles. The van der Waals surface area contributed by atoms with Crippen molar-refractivity contribution < 1.29 is 132 Å². The Labute approximate surface area is 727 Å². The molecular formula is C81H121I2N7O30. The Morgan fingerprint density at radius 3 is 0.875 bits per heavy atom. The molecule has 0 aliphatic heterocycles. The highest BCUT2D eigenvalue weighted by atomic mass is 127. The van der Waals surface area contributed by atoms with Crippen LogP contribution >= 0.6 is 45.2 Å². The molecule has 120 heavy (non-hydrogen) atoms. The van der Waals surface area contributed by atoms with Crippen molar-refractivity contribution >= 4 is 78.5 Å². The predicted molar refractivity (Wildman–Crippen MR) is 462 cm³/mol. The van der Waals surface area contributed by atoms with Gasteiger partial charge in [0.25, 0.3) is 0 Å². The molecule has 0 aliphatic rings. The smallest absolute Gasteiger partial charge is 0.361 e. The molecule has 9 N–H and O–H groups in total. The van der Waals surface area contributed by atoms with E-state index in [4.69, 9.17) is 155 Å². The van der Waals surface area contributed by atoms with Gasteiger partial charge in [0.15, 0.2) is 23.0 Å². The van der Waals surface area contributed by atoms with Crippen molar-refractivity contribution in [1.82, 2.24) is 5.32 Å². The van der Waals surface area contributed by atoms with Crippen molar-refractivity contribution in [3.05, 3.63) is 124 Å². The summed E-state index contributed by atoms with van der Waals surface area (Å²) in [5.74, 6) is 16.1. The SMILES string of the molecule is COCCOCCOCCCOc1cc(COc2ccc3cc(N(N)/C(I)=C(\N)CNC/C(N)=C(\I)N(N)c4cc5ccc(OCc6cc(OCCOCCOCCOC)c(OCCOCCOCCOC)c(OCCOCCOCCOC)c6)cc5oc4=O)c(=O)oc3c2)cc(OCCOCCOCCOC)c1OCCOCCOCCOC. The lowest BCUT2D eigenvalue weighted by atomic mass is 10.2. The molecule has 0 amide bonds. The summed E-state index contributed by atoms with van der Waals surface area (Å²) in [7, 11) is 9.68. The summed E-state index contributed by atoms with van der Waals surface area (Å²) in [4.78, 5) is 27.5. The van der Waals surface area contributed by atoms with Gasteiger partial charge >= 0.3 is 11.3 Å². The molecule has 6 rings (SSSR count). The third-order valence-electron chi connectivity index (χ3n) is 16.4. The number of nitrogens with zero attached hydrogens (tertiary/aromatic N) is 2. The zero-order valence-electron chi connectivity index (χ0n) is 69.6. The highest BCUT2D eigenvalue weighted by molar-refractivity contribution is 14.1. The molecule has 0 radical (unpaired) electrons. The summed E-state index contributed by atoms with van der Waals surface area (Å²) < 4.78 is 161. The Hall–Kier alpha value is -7.00. The highest BCUT2D eigenvalue weighted by Gasteiger charge is 2.23. The zero-order chi connectivity index (χ0) is 85.8. The maximum Gasteiger partial charge on any atom is 0.361 e. The van der Waals surface area contributed by atoms with Crippen molar-refractivity contribution in [2.45, 2.75) is 19.6 Å². The molecule has 0 unspecified atom stereocenters.